The molecule has 0 aliphatic rings. The Morgan fingerprint density at radius 1 is 1.19 bits per heavy atom. The third-order valence-corrected chi connectivity index (χ3v) is 2.66. The Hall–Kier alpha value is -1.02. The molecule has 1 aromatic rings. The maximum atomic E-state index is 5.34. The fraction of sp³-hybridized carbons (Fsp3) is 0.571. The summed E-state index contributed by atoms with van der Waals surface area (Å²) in [7, 11) is 1.73. The number of hydrogen-bond acceptors (Lipinski definition) is 2. The molecule has 0 heterocycles. The Morgan fingerprint density at radius 3 is 2.50 bits per heavy atom. The predicted octanol–water partition coefficient (Wildman–Crippen LogP) is 3.01. The summed E-state index contributed by atoms with van der Waals surface area (Å²) in [5, 5.41) is 3.51. The SMILES string of the molecule is COc1ccccc1CCC(C)NC(C)C. The molecule has 0 spiro atoms. The van der Waals surface area contributed by atoms with Gasteiger partial charge in [0.25, 0.3) is 0 Å². The van der Waals surface area contributed by atoms with Crippen molar-refractivity contribution in [1.29, 1.82) is 0 Å². The van der Waals surface area contributed by atoms with Crippen molar-refractivity contribution in [1.82, 2.24) is 5.32 Å². The van der Waals surface area contributed by atoms with Crippen LogP contribution < -0.4 is 10.1 Å². The van der Waals surface area contributed by atoms with Crippen LogP contribution in [-0.4, -0.2) is 19.2 Å². The van der Waals surface area contributed by atoms with Crippen molar-refractivity contribution in [2.24, 2.45) is 0 Å². The number of hydrogen-bond donors (Lipinski definition) is 1. The van der Waals surface area contributed by atoms with Crippen LogP contribution in [0.15, 0.2) is 24.3 Å². The Balaban J connectivity index is 2.47. The van der Waals surface area contributed by atoms with Gasteiger partial charge in [0, 0.05) is 12.1 Å². The molecule has 0 radical (unpaired) electrons. The zero-order chi connectivity index (χ0) is 12.0. The number of nitrogens with one attached hydrogen (secondary N) is 1. The summed E-state index contributed by atoms with van der Waals surface area (Å²) in [6.45, 7) is 6.59. The van der Waals surface area contributed by atoms with Crippen molar-refractivity contribution < 1.29 is 4.74 Å². The maximum absolute atomic E-state index is 5.34. The first-order valence-corrected chi connectivity index (χ1v) is 6.01. The van der Waals surface area contributed by atoms with Gasteiger partial charge < -0.3 is 10.1 Å². The fourth-order valence-electron chi connectivity index (χ4n) is 1.93. The summed E-state index contributed by atoms with van der Waals surface area (Å²) in [6, 6.07) is 9.34. The van der Waals surface area contributed by atoms with Crippen LogP contribution in [0.1, 0.15) is 32.8 Å². The highest BCUT2D eigenvalue weighted by Gasteiger charge is 2.06. The summed E-state index contributed by atoms with van der Waals surface area (Å²) >= 11 is 0. The molecule has 0 fully saturated rings. The Bertz CT molecular complexity index is 309. The van der Waals surface area contributed by atoms with Gasteiger partial charge in [-0.15, -0.1) is 0 Å². The molecule has 0 saturated heterocycles. The van der Waals surface area contributed by atoms with E-state index in [0.717, 1.165) is 18.6 Å². The largest absolute Gasteiger partial charge is 0.496 e. The molecule has 0 saturated carbocycles. The fourth-order valence-corrected chi connectivity index (χ4v) is 1.93. The molecule has 2 heteroatoms. The van der Waals surface area contributed by atoms with Crippen molar-refractivity contribution in [3.63, 3.8) is 0 Å². The molecule has 0 amide bonds. The van der Waals surface area contributed by atoms with Gasteiger partial charge >= 0.3 is 0 Å². The van der Waals surface area contributed by atoms with Gasteiger partial charge in [0.15, 0.2) is 0 Å². The van der Waals surface area contributed by atoms with E-state index in [0.29, 0.717) is 12.1 Å². The molecule has 1 N–H and O–H groups in total. The normalized spacial score (nSPS) is 12.8. The van der Waals surface area contributed by atoms with E-state index in [4.69, 9.17) is 4.74 Å². The van der Waals surface area contributed by atoms with Crippen LogP contribution in [-0.2, 0) is 6.42 Å². The van der Waals surface area contributed by atoms with Gasteiger partial charge in [0.05, 0.1) is 7.11 Å². The van der Waals surface area contributed by atoms with E-state index in [1.807, 2.05) is 12.1 Å². The van der Waals surface area contributed by atoms with Crippen LogP contribution in [0.4, 0.5) is 0 Å². The highest BCUT2D eigenvalue weighted by molar-refractivity contribution is 5.33. The smallest absolute Gasteiger partial charge is 0.122 e. The number of ether oxygens (including phenoxy) is 1. The maximum Gasteiger partial charge on any atom is 0.122 e. The van der Waals surface area contributed by atoms with E-state index >= 15 is 0 Å². The highest BCUT2D eigenvalue weighted by atomic mass is 16.5. The monoisotopic (exact) mass is 221 g/mol. The number of benzene rings is 1. The summed E-state index contributed by atoms with van der Waals surface area (Å²) in [5.74, 6) is 0.999. The van der Waals surface area contributed by atoms with Crippen LogP contribution in [0.25, 0.3) is 0 Å². The van der Waals surface area contributed by atoms with Gasteiger partial charge in [-0.25, -0.2) is 0 Å². The molecule has 90 valence electrons. The lowest BCUT2D eigenvalue weighted by atomic mass is 10.0. The molecule has 1 aromatic carbocycles. The van der Waals surface area contributed by atoms with E-state index in [9.17, 15) is 0 Å². The van der Waals surface area contributed by atoms with E-state index in [-0.39, 0.29) is 0 Å². The first kappa shape index (κ1) is 13.0. The van der Waals surface area contributed by atoms with Crippen molar-refractivity contribution in [2.45, 2.75) is 45.7 Å². The van der Waals surface area contributed by atoms with Gasteiger partial charge in [-0.2, -0.15) is 0 Å². The molecule has 16 heavy (non-hydrogen) atoms. The molecule has 0 aromatic heterocycles. The van der Waals surface area contributed by atoms with E-state index in [2.05, 4.69) is 38.2 Å². The summed E-state index contributed by atoms with van der Waals surface area (Å²) in [6.07, 6.45) is 2.20. The molecule has 0 bridgehead atoms. The van der Waals surface area contributed by atoms with Crippen LogP contribution in [0.3, 0.4) is 0 Å². The van der Waals surface area contributed by atoms with Gasteiger partial charge in [-0.1, -0.05) is 32.0 Å². The number of methoxy groups -OCH3 is 1. The van der Waals surface area contributed by atoms with Crippen molar-refractivity contribution in [3.05, 3.63) is 29.8 Å². The lowest BCUT2D eigenvalue weighted by molar-refractivity contribution is 0.405. The zero-order valence-corrected chi connectivity index (χ0v) is 10.8. The van der Waals surface area contributed by atoms with Crippen LogP contribution in [0.5, 0.6) is 5.75 Å². The Morgan fingerprint density at radius 2 is 1.88 bits per heavy atom. The van der Waals surface area contributed by atoms with E-state index < -0.39 is 0 Å². The standard InChI is InChI=1S/C14H23NO/c1-11(2)15-12(3)9-10-13-7-5-6-8-14(13)16-4/h5-8,11-12,15H,9-10H2,1-4H3. The number of aryl methyl sites for hydroxylation is 1. The van der Waals surface area contributed by atoms with Gasteiger partial charge in [0.2, 0.25) is 0 Å². The predicted molar refractivity (Wildman–Crippen MR) is 69.0 cm³/mol. The van der Waals surface area contributed by atoms with Crippen LogP contribution in [0, 0.1) is 0 Å². The van der Waals surface area contributed by atoms with Gasteiger partial charge in [0.1, 0.15) is 5.75 Å². The second-order valence-corrected chi connectivity index (χ2v) is 4.57. The third kappa shape index (κ3) is 4.23. The first-order valence-electron chi connectivity index (χ1n) is 6.01. The quantitative estimate of drug-likeness (QED) is 0.797. The second kappa shape index (κ2) is 6.54. The second-order valence-electron chi connectivity index (χ2n) is 4.57. The minimum atomic E-state index is 0.546. The molecule has 1 unspecified atom stereocenters. The van der Waals surface area contributed by atoms with Crippen LogP contribution >= 0.6 is 0 Å². The van der Waals surface area contributed by atoms with Crippen molar-refractivity contribution in [3.8, 4) is 5.75 Å². The topological polar surface area (TPSA) is 21.3 Å². The number of para-hydroxylation sites is 1. The molecule has 1 rings (SSSR count). The number of rotatable bonds is 6. The van der Waals surface area contributed by atoms with Crippen molar-refractivity contribution >= 4 is 0 Å². The minimum absolute atomic E-state index is 0.546. The lowest BCUT2D eigenvalue weighted by Gasteiger charge is -2.17. The zero-order valence-electron chi connectivity index (χ0n) is 10.8. The average Bonchev–Trinajstić information content (AvgIpc) is 2.26. The first-order chi connectivity index (χ1) is 7.63. The van der Waals surface area contributed by atoms with Crippen molar-refractivity contribution in [2.75, 3.05) is 7.11 Å². The van der Waals surface area contributed by atoms with E-state index in [1.54, 1.807) is 7.11 Å². The molecule has 1 atom stereocenters. The molecular weight excluding hydrogens is 198 g/mol. The summed E-state index contributed by atoms with van der Waals surface area (Å²) in [4.78, 5) is 0. The Labute approximate surface area is 99.0 Å². The lowest BCUT2D eigenvalue weighted by Crippen LogP contribution is -2.32. The summed E-state index contributed by atoms with van der Waals surface area (Å²) in [5.41, 5.74) is 1.29. The summed E-state index contributed by atoms with van der Waals surface area (Å²) < 4.78 is 5.34. The van der Waals surface area contributed by atoms with E-state index in [1.165, 1.54) is 5.56 Å². The molecule has 0 aliphatic carbocycles. The Kier molecular flexibility index (Phi) is 5.33. The van der Waals surface area contributed by atoms with Gasteiger partial charge in [-0.3, -0.25) is 0 Å². The molecular formula is C14H23NO. The van der Waals surface area contributed by atoms with Crippen LogP contribution in [0.2, 0.25) is 0 Å². The minimum Gasteiger partial charge on any atom is -0.496 e. The average molecular weight is 221 g/mol. The highest BCUT2D eigenvalue weighted by Crippen LogP contribution is 2.19. The molecule has 2 nitrogen and oxygen atoms in total. The molecule has 0 aliphatic heterocycles. The van der Waals surface area contributed by atoms with Gasteiger partial charge in [-0.05, 0) is 31.4 Å². The third-order valence-electron chi connectivity index (χ3n) is 2.66.